The summed E-state index contributed by atoms with van der Waals surface area (Å²) in [6.45, 7) is 5.49. The van der Waals surface area contributed by atoms with Crippen LogP contribution in [0.3, 0.4) is 0 Å². The first kappa shape index (κ1) is 16.6. The van der Waals surface area contributed by atoms with Gasteiger partial charge in [0.2, 0.25) is 0 Å². The Bertz CT molecular complexity index is 449. The molecular weight excluding hydrogens is 261 g/mol. The van der Waals surface area contributed by atoms with Crippen LogP contribution >= 0.6 is 0 Å². The summed E-state index contributed by atoms with van der Waals surface area (Å²) in [7, 11) is 3.02. The number of hydrogen-bond donors (Lipinski definition) is 0. The highest BCUT2D eigenvalue weighted by Gasteiger charge is 2.16. The summed E-state index contributed by atoms with van der Waals surface area (Å²) in [5, 5.41) is 0. The molecule has 1 aromatic carbocycles. The number of carbonyl (C=O) groups excluding carboxylic acids is 1. The Morgan fingerprint density at radius 2 is 2.05 bits per heavy atom. The Labute approximate surface area is 119 Å². The normalized spacial score (nSPS) is 11.2. The van der Waals surface area contributed by atoms with E-state index in [1.54, 1.807) is 13.2 Å². The smallest absolute Gasteiger partial charge is 0.176 e. The minimum absolute atomic E-state index is 0.114. The van der Waals surface area contributed by atoms with Crippen LogP contribution in [0, 0.1) is 5.82 Å². The van der Waals surface area contributed by atoms with Gasteiger partial charge < -0.3 is 9.47 Å². The van der Waals surface area contributed by atoms with Crippen molar-refractivity contribution in [3.8, 4) is 5.75 Å². The van der Waals surface area contributed by atoms with Gasteiger partial charge in [0.1, 0.15) is 0 Å². The average molecular weight is 283 g/mol. The second kappa shape index (κ2) is 7.97. The van der Waals surface area contributed by atoms with Gasteiger partial charge in [-0.25, -0.2) is 4.39 Å². The summed E-state index contributed by atoms with van der Waals surface area (Å²) in [5.74, 6) is -0.496. The molecule has 0 bridgehead atoms. The lowest BCUT2D eigenvalue weighted by atomic mass is 10.1. The maximum atomic E-state index is 13.6. The second-order valence-electron chi connectivity index (χ2n) is 4.83. The van der Waals surface area contributed by atoms with Crippen LogP contribution in [0.25, 0.3) is 0 Å². The molecule has 0 aliphatic rings. The van der Waals surface area contributed by atoms with E-state index in [1.165, 1.54) is 19.2 Å². The lowest BCUT2D eigenvalue weighted by Gasteiger charge is -2.25. The van der Waals surface area contributed by atoms with E-state index in [1.807, 2.05) is 18.7 Å². The molecule has 0 saturated carbocycles. The summed E-state index contributed by atoms with van der Waals surface area (Å²) in [5.41, 5.74) is 0.353. The molecule has 4 nitrogen and oxygen atoms in total. The molecule has 0 atom stereocenters. The number of rotatable bonds is 8. The van der Waals surface area contributed by atoms with E-state index in [4.69, 9.17) is 9.47 Å². The standard InChI is InChI=1S/C15H22FNO3/c1-11(2)17(7-8-19-3)10-14(18)12-5-6-15(20-4)13(16)9-12/h5-6,9,11H,7-8,10H2,1-4H3. The van der Waals surface area contributed by atoms with E-state index in [0.717, 1.165) is 0 Å². The zero-order valence-electron chi connectivity index (χ0n) is 12.5. The van der Waals surface area contributed by atoms with Gasteiger partial charge in [-0.05, 0) is 32.0 Å². The van der Waals surface area contributed by atoms with Gasteiger partial charge in [-0.3, -0.25) is 9.69 Å². The number of hydrogen-bond acceptors (Lipinski definition) is 4. The van der Waals surface area contributed by atoms with Crippen molar-refractivity contribution in [2.75, 3.05) is 33.9 Å². The fourth-order valence-corrected chi connectivity index (χ4v) is 1.84. The van der Waals surface area contributed by atoms with Crippen molar-refractivity contribution >= 4 is 5.78 Å². The van der Waals surface area contributed by atoms with Crippen LogP contribution in [0.1, 0.15) is 24.2 Å². The van der Waals surface area contributed by atoms with Crippen molar-refractivity contribution in [3.05, 3.63) is 29.6 Å². The number of ether oxygens (including phenoxy) is 2. The van der Waals surface area contributed by atoms with E-state index >= 15 is 0 Å². The molecule has 20 heavy (non-hydrogen) atoms. The molecule has 0 saturated heterocycles. The van der Waals surface area contributed by atoms with Crippen molar-refractivity contribution in [2.24, 2.45) is 0 Å². The molecule has 5 heteroatoms. The molecule has 1 rings (SSSR count). The van der Waals surface area contributed by atoms with Gasteiger partial charge in [0.15, 0.2) is 17.3 Å². The summed E-state index contributed by atoms with van der Waals surface area (Å²) in [6.07, 6.45) is 0. The number of methoxy groups -OCH3 is 2. The van der Waals surface area contributed by atoms with Crippen LogP contribution in [0.2, 0.25) is 0 Å². The zero-order chi connectivity index (χ0) is 15.1. The molecule has 0 unspecified atom stereocenters. The van der Waals surface area contributed by atoms with Crippen LogP contribution in [0.15, 0.2) is 18.2 Å². The van der Waals surface area contributed by atoms with Gasteiger partial charge in [0.25, 0.3) is 0 Å². The number of Topliss-reactive ketones (excluding diaryl/α,β-unsaturated/α-hetero) is 1. The van der Waals surface area contributed by atoms with E-state index in [9.17, 15) is 9.18 Å². The first-order chi connectivity index (χ1) is 9.49. The molecule has 112 valence electrons. The average Bonchev–Trinajstić information content (AvgIpc) is 2.42. The first-order valence-corrected chi connectivity index (χ1v) is 6.59. The van der Waals surface area contributed by atoms with Gasteiger partial charge in [0.05, 0.1) is 20.3 Å². The molecule has 1 aromatic rings. The molecule has 0 aliphatic heterocycles. The van der Waals surface area contributed by atoms with Crippen molar-refractivity contribution in [1.82, 2.24) is 4.90 Å². The van der Waals surface area contributed by atoms with Crippen molar-refractivity contribution in [3.63, 3.8) is 0 Å². The number of benzene rings is 1. The Hall–Kier alpha value is -1.46. The number of carbonyl (C=O) groups is 1. The van der Waals surface area contributed by atoms with Crippen LogP contribution in [-0.2, 0) is 4.74 Å². The van der Waals surface area contributed by atoms with E-state index < -0.39 is 5.82 Å². The monoisotopic (exact) mass is 283 g/mol. The highest BCUT2D eigenvalue weighted by Crippen LogP contribution is 2.18. The molecular formula is C15H22FNO3. The molecule has 0 fully saturated rings. The predicted octanol–water partition coefficient (Wildman–Crippen LogP) is 2.37. The Morgan fingerprint density at radius 1 is 1.35 bits per heavy atom. The van der Waals surface area contributed by atoms with Crippen molar-refractivity contribution < 1.29 is 18.7 Å². The number of halogens is 1. The molecule has 0 radical (unpaired) electrons. The maximum Gasteiger partial charge on any atom is 0.176 e. The molecule has 0 heterocycles. The summed E-state index contributed by atoms with van der Waals surface area (Å²) < 4.78 is 23.5. The number of nitrogens with zero attached hydrogens (tertiary/aromatic N) is 1. The number of ketones is 1. The highest BCUT2D eigenvalue weighted by atomic mass is 19.1. The van der Waals surface area contributed by atoms with Crippen LogP contribution in [0.5, 0.6) is 5.75 Å². The van der Waals surface area contributed by atoms with E-state index in [2.05, 4.69) is 0 Å². The van der Waals surface area contributed by atoms with Gasteiger partial charge >= 0.3 is 0 Å². The molecule has 0 aliphatic carbocycles. The van der Waals surface area contributed by atoms with E-state index in [0.29, 0.717) is 18.7 Å². The fourth-order valence-electron chi connectivity index (χ4n) is 1.84. The van der Waals surface area contributed by atoms with Crippen LogP contribution in [-0.4, -0.2) is 50.6 Å². The van der Waals surface area contributed by atoms with Gasteiger partial charge in [-0.2, -0.15) is 0 Å². The molecule has 0 aromatic heterocycles. The van der Waals surface area contributed by atoms with Crippen molar-refractivity contribution in [1.29, 1.82) is 0 Å². The Balaban J connectivity index is 2.75. The topological polar surface area (TPSA) is 38.8 Å². The highest BCUT2D eigenvalue weighted by molar-refractivity contribution is 5.97. The fraction of sp³-hybridized carbons (Fsp3) is 0.533. The third-order valence-corrected chi connectivity index (χ3v) is 3.13. The largest absolute Gasteiger partial charge is 0.494 e. The van der Waals surface area contributed by atoms with Crippen LogP contribution < -0.4 is 4.74 Å². The summed E-state index contributed by atoms with van der Waals surface area (Å²) >= 11 is 0. The SMILES string of the molecule is COCCN(CC(=O)c1ccc(OC)c(F)c1)C(C)C. The lowest BCUT2D eigenvalue weighted by molar-refractivity contribution is 0.0851. The minimum Gasteiger partial charge on any atom is -0.494 e. The summed E-state index contributed by atoms with van der Waals surface area (Å²) in [6, 6.07) is 4.49. The van der Waals surface area contributed by atoms with Gasteiger partial charge in [-0.1, -0.05) is 0 Å². The second-order valence-corrected chi connectivity index (χ2v) is 4.83. The molecule has 0 N–H and O–H groups in total. The maximum absolute atomic E-state index is 13.6. The quantitative estimate of drug-likeness (QED) is 0.687. The zero-order valence-corrected chi connectivity index (χ0v) is 12.5. The lowest BCUT2D eigenvalue weighted by Crippen LogP contribution is -2.38. The molecule has 0 spiro atoms. The van der Waals surface area contributed by atoms with Crippen molar-refractivity contribution in [2.45, 2.75) is 19.9 Å². The van der Waals surface area contributed by atoms with E-state index in [-0.39, 0.29) is 24.1 Å². The van der Waals surface area contributed by atoms with Crippen LogP contribution in [0.4, 0.5) is 4.39 Å². The summed E-state index contributed by atoms with van der Waals surface area (Å²) in [4.78, 5) is 14.2. The first-order valence-electron chi connectivity index (χ1n) is 6.59. The van der Waals surface area contributed by atoms with Gasteiger partial charge in [0, 0.05) is 25.3 Å². The third-order valence-electron chi connectivity index (χ3n) is 3.13. The Morgan fingerprint density at radius 3 is 2.55 bits per heavy atom. The predicted molar refractivity (Wildman–Crippen MR) is 75.9 cm³/mol. The Kier molecular flexibility index (Phi) is 6.61. The third kappa shape index (κ3) is 4.58. The molecule has 0 amide bonds. The minimum atomic E-state index is -0.522. The van der Waals surface area contributed by atoms with Gasteiger partial charge in [-0.15, -0.1) is 0 Å².